The van der Waals surface area contributed by atoms with Crippen molar-refractivity contribution in [1.29, 1.82) is 0 Å². The van der Waals surface area contributed by atoms with Crippen LogP contribution in [-0.2, 0) is 0 Å². The molecule has 0 atom stereocenters. The van der Waals surface area contributed by atoms with Crippen molar-refractivity contribution in [2.45, 2.75) is 6.92 Å². The molecule has 0 fully saturated rings. The van der Waals surface area contributed by atoms with E-state index in [1.54, 1.807) is 0 Å². The Hall–Kier alpha value is -2.85. The summed E-state index contributed by atoms with van der Waals surface area (Å²) in [6.45, 7) is 1.40. The predicted molar refractivity (Wildman–Crippen MR) is 53.2 cm³/mol. The van der Waals surface area contributed by atoms with Gasteiger partial charge in [-0.25, -0.2) is 0 Å². The molecule has 0 bridgehead atoms. The van der Waals surface area contributed by atoms with Gasteiger partial charge in [-0.1, -0.05) is 4.52 Å². The minimum absolute atomic E-state index is 0.0137. The van der Waals surface area contributed by atoms with Gasteiger partial charge in [0.1, 0.15) is 0 Å². The number of rotatable bonds is 2. The lowest BCUT2D eigenvalue weighted by Crippen LogP contribution is -2.07. The normalized spacial score (nSPS) is 10.6. The number of nitrogens with zero attached hydrogens (tertiary/aromatic N) is 6. The van der Waals surface area contributed by atoms with Crippen molar-refractivity contribution in [3.05, 3.63) is 25.8 Å². The molecule has 11 heteroatoms. The number of aromatic nitrogens is 4. The number of anilines is 1. The molecule has 0 aliphatic carbocycles. The fraction of sp³-hybridized carbons (Fsp3) is 0.167. The number of nitrogen functional groups attached to an aromatic ring is 1. The summed E-state index contributed by atoms with van der Waals surface area (Å²) in [5.41, 5.74) is 5.59. The van der Waals surface area contributed by atoms with Crippen molar-refractivity contribution in [2.24, 2.45) is 0 Å². The number of hydrogen-bond acceptors (Lipinski definition) is 8. The van der Waals surface area contributed by atoms with Crippen LogP contribution in [-0.4, -0.2) is 29.7 Å². The minimum Gasteiger partial charge on any atom is -0.375 e. The van der Waals surface area contributed by atoms with Gasteiger partial charge >= 0.3 is 11.6 Å². The molecule has 0 aromatic carbocycles. The summed E-state index contributed by atoms with van der Waals surface area (Å²) >= 11 is 0. The average molecular weight is 239 g/mol. The van der Waals surface area contributed by atoms with Crippen molar-refractivity contribution in [3.8, 4) is 0 Å². The molecule has 0 aliphatic rings. The smallest absolute Gasteiger partial charge is 0.375 e. The van der Waals surface area contributed by atoms with Gasteiger partial charge in [0, 0.05) is 0 Å². The highest BCUT2D eigenvalue weighted by molar-refractivity contribution is 5.61. The van der Waals surface area contributed by atoms with Gasteiger partial charge in [-0.15, -0.1) is 0 Å². The van der Waals surface area contributed by atoms with Crippen LogP contribution < -0.4 is 5.73 Å². The van der Waals surface area contributed by atoms with Crippen molar-refractivity contribution in [2.75, 3.05) is 5.73 Å². The second-order valence-corrected chi connectivity index (χ2v) is 3.11. The van der Waals surface area contributed by atoms with Crippen LogP contribution in [0.4, 0.5) is 17.5 Å². The molecule has 2 rings (SSSR count). The molecule has 0 saturated heterocycles. The first-order valence-electron chi connectivity index (χ1n) is 4.23. The zero-order valence-corrected chi connectivity index (χ0v) is 8.39. The molecular weight excluding hydrogens is 234 g/mol. The second kappa shape index (κ2) is 3.33. The number of fused-ring (bicyclic) bond motifs is 1. The Balaban J connectivity index is 2.84. The second-order valence-electron chi connectivity index (χ2n) is 3.11. The molecule has 2 heterocycles. The van der Waals surface area contributed by atoms with Crippen LogP contribution >= 0.6 is 0 Å². The number of hydrogen-bond donors (Lipinski definition) is 1. The Morgan fingerprint density at radius 2 is 1.76 bits per heavy atom. The van der Waals surface area contributed by atoms with Crippen LogP contribution in [0.25, 0.3) is 5.65 Å². The third kappa shape index (κ3) is 1.40. The van der Waals surface area contributed by atoms with E-state index in [0.717, 1.165) is 4.52 Å². The summed E-state index contributed by atoms with van der Waals surface area (Å²) in [5, 5.41) is 31.5. The van der Waals surface area contributed by atoms with Gasteiger partial charge in [0.25, 0.3) is 5.82 Å². The minimum atomic E-state index is -0.843. The molecule has 17 heavy (non-hydrogen) atoms. The third-order valence-corrected chi connectivity index (χ3v) is 2.11. The molecule has 0 amide bonds. The molecule has 0 aliphatic heterocycles. The van der Waals surface area contributed by atoms with Crippen LogP contribution in [0.15, 0.2) is 0 Å². The highest BCUT2D eigenvalue weighted by Crippen LogP contribution is 2.24. The van der Waals surface area contributed by atoms with Gasteiger partial charge in [0.2, 0.25) is 5.65 Å². The molecule has 2 aromatic heterocycles. The molecule has 0 spiro atoms. The highest BCUT2D eigenvalue weighted by Gasteiger charge is 2.28. The summed E-state index contributed by atoms with van der Waals surface area (Å²) in [4.78, 5) is 19.6. The van der Waals surface area contributed by atoms with Crippen LogP contribution in [0.2, 0.25) is 0 Å². The number of nitrogens with two attached hydrogens (primary N) is 1. The Labute approximate surface area is 92.2 Å². The van der Waals surface area contributed by atoms with Gasteiger partial charge in [0.15, 0.2) is 0 Å². The van der Waals surface area contributed by atoms with Crippen LogP contribution in [0.5, 0.6) is 0 Å². The van der Waals surface area contributed by atoms with E-state index < -0.39 is 27.3 Å². The summed E-state index contributed by atoms with van der Waals surface area (Å²) in [6.07, 6.45) is 0. The van der Waals surface area contributed by atoms with E-state index in [0.29, 0.717) is 0 Å². The molecule has 0 unspecified atom stereocenters. The molecule has 11 nitrogen and oxygen atoms in total. The fourth-order valence-electron chi connectivity index (χ4n) is 1.31. The number of aryl methyl sites for hydroxylation is 1. The summed E-state index contributed by atoms with van der Waals surface area (Å²) in [5.74, 6) is -1.57. The summed E-state index contributed by atoms with van der Waals surface area (Å²) in [6, 6.07) is 0. The van der Waals surface area contributed by atoms with Crippen molar-refractivity contribution < 1.29 is 9.85 Å². The van der Waals surface area contributed by atoms with Crippen LogP contribution in [0, 0.1) is 27.2 Å². The molecule has 2 aromatic rings. The maximum atomic E-state index is 10.6. The Kier molecular flexibility index (Phi) is 2.09. The quantitative estimate of drug-likeness (QED) is 0.559. The van der Waals surface area contributed by atoms with E-state index in [-0.39, 0.29) is 11.2 Å². The summed E-state index contributed by atoms with van der Waals surface area (Å²) < 4.78 is 0.832. The Morgan fingerprint density at radius 1 is 1.18 bits per heavy atom. The molecular formula is C6H5N7O4. The lowest BCUT2D eigenvalue weighted by Gasteiger charge is -1.94. The predicted octanol–water partition coefficient (Wildman–Crippen LogP) is -0.169. The van der Waals surface area contributed by atoms with Gasteiger partial charge in [-0.3, -0.25) is 0 Å². The Bertz CT molecular complexity index is 647. The van der Waals surface area contributed by atoms with E-state index in [1.165, 1.54) is 6.92 Å². The van der Waals surface area contributed by atoms with Crippen molar-refractivity contribution in [1.82, 2.24) is 19.8 Å². The maximum absolute atomic E-state index is 10.6. The largest absolute Gasteiger partial charge is 0.435 e. The zero-order valence-electron chi connectivity index (χ0n) is 8.39. The van der Waals surface area contributed by atoms with E-state index >= 15 is 0 Å². The van der Waals surface area contributed by atoms with Crippen molar-refractivity contribution in [3.63, 3.8) is 0 Å². The topological polar surface area (TPSA) is 155 Å². The van der Waals surface area contributed by atoms with Gasteiger partial charge in [0.05, 0.1) is 15.8 Å². The highest BCUT2D eigenvalue weighted by atomic mass is 16.6. The first-order chi connectivity index (χ1) is 7.93. The van der Waals surface area contributed by atoms with Crippen molar-refractivity contribution >= 4 is 23.1 Å². The SMILES string of the molecule is Cc1c([N+](=O)[O-])nn2c(N)c([N+](=O)[O-])nnc12. The Morgan fingerprint density at radius 3 is 2.29 bits per heavy atom. The van der Waals surface area contributed by atoms with Crippen LogP contribution in [0.1, 0.15) is 5.56 Å². The van der Waals surface area contributed by atoms with Gasteiger partial charge < -0.3 is 26.0 Å². The third-order valence-electron chi connectivity index (χ3n) is 2.11. The first kappa shape index (κ1) is 10.7. The fourth-order valence-corrected chi connectivity index (χ4v) is 1.31. The molecule has 0 saturated carbocycles. The first-order valence-corrected chi connectivity index (χ1v) is 4.23. The van der Waals surface area contributed by atoms with E-state index in [1.807, 2.05) is 0 Å². The average Bonchev–Trinajstić information content (AvgIpc) is 2.57. The lowest BCUT2D eigenvalue weighted by molar-refractivity contribution is -0.390. The molecule has 88 valence electrons. The zero-order chi connectivity index (χ0) is 12.7. The monoisotopic (exact) mass is 239 g/mol. The summed E-state index contributed by atoms with van der Waals surface area (Å²) in [7, 11) is 0. The van der Waals surface area contributed by atoms with Gasteiger partial charge in [-0.05, 0) is 21.9 Å². The van der Waals surface area contributed by atoms with E-state index in [2.05, 4.69) is 15.3 Å². The lowest BCUT2D eigenvalue weighted by atomic mass is 10.3. The van der Waals surface area contributed by atoms with Crippen LogP contribution in [0.3, 0.4) is 0 Å². The van der Waals surface area contributed by atoms with E-state index in [9.17, 15) is 20.2 Å². The standard InChI is InChI=1S/C6H5N7O4/c1-2-4-8-9-6(13(16)17)3(7)11(4)10-5(2)12(14)15/h7H2,1H3. The molecule has 0 radical (unpaired) electrons. The number of nitro groups is 2. The van der Waals surface area contributed by atoms with E-state index in [4.69, 9.17) is 5.73 Å². The molecule has 2 N–H and O–H groups in total. The van der Waals surface area contributed by atoms with Gasteiger partial charge in [-0.2, -0.15) is 0 Å². The maximum Gasteiger partial charge on any atom is 0.435 e.